The molecule has 7 heteroatoms. The molecule has 0 bridgehead atoms. The number of nitro groups is 1. The van der Waals surface area contributed by atoms with Crippen LogP contribution in [0.5, 0.6) is 0 Å². The van der Waals surface area contributed by atoms with Gasteiger partial charge in [-0.2, -0.15) is 0 Å². The fourth-order valence-electron chi connectivity index (χ4n) is 1.58. The van der Waals surface area contributed by atoms with E-state index >= 15 is 0 Å². The predicted molar refractivity (Wildman–Crippen MR) is 76.9 cm³/mol. The van der Waals surface area contributed by atoms with Gasteiger partial charge in [-0.3, -0.25) is 14.9 Å². The van der Waals surface area contributed by atoms with Gasteiger partial charge < -0.3 is 11.1 Å². The largest absolute Gasteiger partial charge is 0.330 e. The Labute approximate surface area is 119 Å². The number of carbonyl (C=O) groups is 1. The maximum Gasteiger partial charge on any atom is 0.271 e. The second-order valence-corrected chi connectivity index (χ2v) is 5.04. The lowest BCUT2D eigenvalue weighted by Gasteiger charge is -2.12. The molecule has 0 radical (unpaired) electrons. The number of anilines is 1. The van der Waals surface area contributed by atoms with Crippen LogP contribution in [0.1, 0.15) is 19.8 Å². The zero-order chi connectivity index (χ0) is 14.4. The number of halogens is 1. The third-order valence-electron chi connectivity index (χ3n) is 2.82. The van der Waals surface area contributed by atoms with Crippen molar-refractivity contribution in [1.82, 2.24) is 0 Å². The van der Waals surface area contributed by atoms with E-state index in [1.54, 1.807) is 0 Å². The van der Waals surface area contributed by atoms with Gasteiger partial charge in [0.25, 0.3) is 5.69 Å². The Morgan fingerprint density at radius 3 is 2.79 bits per heavy atom. The van der Waals surface area contributed by atoms with E-state index in [2.05, 4.69) is 21.2 Å². The lowest BCUT2D eigenvalue weighted by atomic mass is 10.0. The monoisotopic (exact) mass is 329 g/mol. The topological polar surface area (TPSA) is 98.3 Å². The molecule has 0 saturated heterocycles. The van der Waals surface area contributed by atoms with E-state index in [1.807, 2.05) is 6.92 Å². The minimum Gasteiger partial charge on any atom is -0.330 e. The van der Waals surface area contributed by atoms with Gasteiger partial charge in [-0.25, -0.2) is 0 Å². The number of hydrogen-bond donors (Lipinski definition) is 2. The molecule has 1 aromatic rings. The van der Waals surface area contributed by atoms with Gasteiger partial charge in [0.1, 0.15) is 0 Å². The third-order valence-corrected chi connectivity index (χ3v) is 3.51. The first kappa shape index (κ1) is 15.6. The summed E-state index contributed by atoms with van der Waals surface area (Å²) >= 11 is 3.25. The quantitative estimate of drug-likeness (QED) is 0.619. The lowest BCUT2D eigenvalue weighted by Crippen LogP contribution is -2.21. The molecular formula is C12H16BrN3O3. The molecule has 1 amide bonds. The Balaban J connectivity index is 2.78. The number of nitrogens with one attached hydrogen (secondary N) is 1. The van der Waals surface area contributed by atoms with E-state index in [1.165, 1.54) is 18.2 Å². The zero-order valence-electron chi connectivity index (χ0n) is 10.6. The average Bonchev–Trinajstić information content (AvgIpc) is 2.38. The van der Waals surface area contributed by atoms with Crippen LogP contribution in [0.4, 0.5) is 11.4 Å². The summed E-state index contributed by atoms with van der Waals surface area (Å²) in [7, 11) is 0. The molecule has 19 heavy (non-hydrogen) atoms. The van der Waals surface area contributed by atoms with Gasteiger partial charge in [-0.15, -0.1) is 0 Å². The van der Waals surface area contributed by atoms with Crippen molar-refractivity contribution in [3.8, 4) is 0 Å². The van der Waals surface area contributed by atoms with Gasteiger partial charge in [0.2, 0.25) is 5.91 Å². The molecule has 0 spiro atoms. The maximum absolute atomic E-state index is 11.8. The van der Waals surface area contributed by atoms with Gasteiger partial charge in [-0.1, -0.05) is 13.3 Å². The van der Waals surface area contributed by atoms with E-state index in [-0.39, 0.29) is 17.5 Å². The number of nitro benzene ring substituents is 1. The second kappa shape index (κ2) is 7.20. The van der Waals surface area contributed by atoms with Crippen molar-refractivity contribution < 1.29 is 9.72 Å². The second-order valence-electron chi connectivity index (χ2n) is 4.18. The number of rotatable bonds is 6. The first-order chi connectivity index (χ1) is 8.97. The molecule has 104 valence electrons. The van der Waals surface area contributed by atoms with Crippen LogP contribution in [0.3, 0.4) is 0 Å². The van der Waals surface area contributed by atoms with Gasteiger partial charge in [-0.05, 0) is 34.5 Å². The van der Waals surface area contributed by atoms with Crippen molar-refractivity contribution in [2.75, 3.05) is 11.9 Å². The van der Waals surface area contributed by atoms with E-state index in [9.17, 15) is 14.9 Å². The summed E-state index contributed by atoms with van der Waals surface area (Å²) in [5.41, 5.74) is 5.87. The Bertz CT molecular complexity index is 475. The van der Waals surface area contributed by atoms with E-state index in [4.69, 9.17) is 5.73 Å². The molecule has 0 aliphatic rings. The Morgan fingerprint density at radius 1 is 1.58 bits per heavy atom. The lowest BCUT2D eigenvalue weighted by molar-refractivity contribution is -0.384. The highest BCUT2D eigenvalue weighted by atomic mass is 79.9. The number of nitrogens with zero attached hydrogens (tertiary/aromatic N) is 1. The number of amides is 1. The summed E-state index contributed by atoms with van der Waals surface area (Å²) < 4.78 is 0.604. The highest BCUT2D eigenvalue weighted by Gasteiger charge is 2.14. The zero-order valence-corrected chi connectivity index (χ0v) is 12.1. The molecule has 1 unspecified atom stereocenters. The standard InChI is InChI=1S/C12H16BrN3O3/c1-2-8(7-14)5-12(17)15-11-6-9(16(18)19)3-4-10(11)13/h3-4,6,8H,2,5,7,14H2,1H3,(H,15,17). The molecule has 0 fully saturated rings. The van der Waals surface area contributed by atoms with Crippen LogP contribution >= 0.6 is 15.9 Å². The minimum atomic E-state index is -0.503. The summed E-state index contributed by atoms with van der Waals surface area (Å²) in [4.78, 5) is 22.0. The van der Waals surface area contributed by atoms with Crippen LogP contribution in [0.2, 0.25) is 0 Å². The fourth-order valence-corrected chi connectivity index (χ4v) is 1.93. The number of nitrogens with two attached hydrogens (primary N) is 1. The van der Waals surface area contributed by atoms with Crippen LogP contribution in [-0.2, 0) is 4.79 Å². The van der Waals surface area contributed by atoms with Crippen molar-refractivity contribution >= 4 is 33.2 Å². The SMILES string of the molecule is CCC(CN)CC(=O)Nc1cc([N+](=O)[O-])ccc1Br. The Kier molecular flexibility index (Phi) is 5.91. The van der Waals surface area contributed by atoms with Crippen molar-refractivity contribution in [3.05, 3.63) is 32.8 Å². The third kappa shape index (κ3) is 4.60. The molecule has 1 rings (SSSR count). The van der Waals surface area contributed by atoms with Crippen LogP contribution in [0.15, 0.2) is 22.7 Å². The van der Waals surface area contributed by atoms with E-state index in [0.717, 1.165) is 6.42 Å². The summed E-state index contributed by atoms with van der Waals surface area (Å²) in [5.74, 6) is -0.0732. The molecule has 1 atom stereocenters. The first-order valence-corrected chi connectivity index (χ1v) is 6.71. The summed E-state index contributed by atoms with van der Waals surface area (Å²) in [6, 6.07) is 4.23. The summed E-state index contributed by atoms with van der Waals surface area (Å²) in [5, 5.41) is 13.3. The van der Waals surface area contributed by atoms with Crippen LogP contribution in [-0.4, -0.2) is 17.4 Å². The smallest absolute Gasteiger partial charge is 0.271 e. The van der Waals surface area contributed by atoms with Crippen molar-refractivity contribution in [3.63, 3.8) is 0 Å². The first-order valence-electron chi connectivity index (χ1n) is 5.91. The molecular weight excluding hydrogens is 314 g/mol. The fraction of sp³-hybridized carbons (Fsp3) is 0.417. The molecule has 0 saturated carbocycles. The van der Waals surface area contributed by atoms with Crippen LogP contribution in [0.25, 0.3) is 0 Å². The van der Waals surface area contributed by atoms with Gasteiger partial charge >= 0.3 is 0 Å². The Hall–Kier alpha value is -1.47. The highest BCUT2D eigenvalue weighted by molar-refractivity contribution is 9.10. The molecule has 0 aromatic heterocycles. The predicted octanol–water partition coefficient (Wildman–Crippen LogP) is 2.67. The van der Waals surface area contributed by atoms with Gasteiger partial charge in [0, 0.05) is 23.0 Å². The molecule has 6 nitrogen and oxygen atoms in total. The average molecular weight is 330 g/mol. The molecule has 0 heterocycles. The Morgan fingerprint density at radius 2 is 2.26 bits per heavy atom. The minimum absolute atomic E-state index is 0.0654. The summed E-state index contributed by atoms with van der Waals surface area (Å²) in [6.07, 6.45) is 1.13. The van der Waals surface area contributed by atoms with Crippen LogP contribution in [0, 0.1) is 16.0 Å². The normalized spacial score (nSPS) is 11.9. The van der Waals surface area contributed by atoms with Gasteiger partial charge in [0.05, 0.1) is 10.6 Å². The highest BCUT2D eigenvalue weighted by Crippen LogP contribution is 2.27. The van der Waals surface area contributed by atoms with E-state index < -0.39 is 4.92 Å². The molecule has 0 aliphatic carbocycles. The number of non-ortho nitro benzene ring substituents is 1. The molecule has 0 aliphatic heterocycles. The molecule has 3 N–H and O–H groups in total. The summed E-state index contributed by atoms with van der Waals surface area (Å²) in [6.45, 7) is 2.41. The van der Waals surface area contributed by atoms with Crippen LogP contribution < -0.4 is 11.1 Å². The number of benzene rings is 1. The molecule has 1 aromatic carbocycles. The van der Waals surface area contributed by atoms with Crippen molar-refractivity contribution in [1.29, 1.82) is 0 Å². The van der Waals surface area contributed by atoms with Crippen molar-refractivity contribution in [2.45, 2.75) is 19.8 Å². The van der Waals surface area contributed by atoms with E-state index in [0.29, 0.717) is 23.1 Å². The van der Waals surface area contributed by atoms with Crippen molar-refractivity contribution in [2.24, 2.45) is 11.7 Å². The maximum atomic E-state index is 11.8. The number of hydrogen-bond acceptors (Lipinski definition) is 4. The van der Waals surface area contributed by atoms with Gasteiger partial charge in [0.15, 0.2) is 0 Å². The number of carbonyl (C=O) groups excluding carboxylic acids is 1.